The molecular weight excluding hydrogens is 377 g/mol. The molecule has 1 unspecified atom stereocenters. The van der Waals surface area contributed by atoms with Crippen LogP contribution in [-0.4, -0.2) is 36.2 Å². The van der Waals surface area contributed by atoms with Crippen molar-refractivity contribution in [1.82, 2.24) is 10.2 Å². The number of ether oxygens (including phenoxy) is 1. The maximum atomic E-state index is 13.4. The number of alkyl halides is 3. The van der Waals surface area contributed by atoms with Crippen LogP contribution in [0.2, 0.25) is 0 Å². The molecular formula is C19H21F3N2O2S. The first kappa shape index (κ1) is 18.7. The van der Waals surface area contributed by atoms with Crippen LogP contribution in [0.4, 0.5) is 13.2 Å². The summed E-state index contributed by atoms with van der Waals surface area (Å²) in [6.45, 7) is 0. The molecule has 4 nitrogen and oxygen atoms in total. The summed E-state index contributed by atoms with van der Waals surface area (Å²) < 4.78 is 45.5. The average Bonchev–Trinajstić information content (AvgIpc) is 3.02. The summed E-state index contributed by atoms with van der Waals surface area (Å²) in [4.78, 5) is 14.7. The van der Waals surface area contributed by atoms with Crippen LogP contribution >= 0.6 is 12.2 Å². The van der Waals surface area contributed by atoms with Crippen LogP contribution < -0.4 is 5.32 Å². The predicted octanol–water partition coefficient (Wildman–Crippen LogP) is 3.38. The molecule has 2 aliphatic carbocycles. The van der Waals surface area contributed by atoms with Gasteiger partial charge in [-0.25, -0.2) is 0 Å². The molecule has 0 bridgehead atoms. The van der Waals surface area contributed by atoms with E-state index in [-0.39, 0.29) is 17.1 Å². The van der Waals surface area contributed by atoms with E-state index in [1.54, 1.807) is 14.2 Å². The van der Waals surface area contributed by atoms with Gasteiger partial charge in [-0.2, -0.15) is 13.2 Å². The Morgan fingerprint density at radius 3 is 2.48 bits per heavy atom. The molecule has 1 amide bonds. The van der Waals surface area contributed by atoms with Crippen molar-refractivity contribution in [3.05, 3.63) is 34.9 Å². The molecule has 1 heterocycles. The highest BCUT2D eigenvalue weighted by Gasteiger charge is 2.66. The minimum Gasteiger partial charge on any atom is -0.381 e. The van der Waals surface area contributed by atoms with E-state index in [1.165, 1.54) is 11.0 Å². The number of rotatable bonds is 1. The Morgan fingerprint density at radius 2 is 1.96 bits per heavy atom. The molecule has 1 N–H and O–H groups in total. The minimum absolute atomic E-state index is 0.114. The van der Waals surface area contributed by atoms with Crippen LogP contribution in [0.25, 0.3) is 0 Å². The summed E-state index contributed by atoms with van der Waals surface area (Å²) >= 11 is 5.31. The Kier molecular flexibility index (Phi) is 4.09. The average molecular weight is 398 g/mol. The lowest BCUT2D eigenvalue weighted by atomic mass is 9.61. The largest absolute Gasteiger partial charge is 0.416 e. The van der Waals surface area contributed by atoms with Gasteiger partial charge in [0.05, 0.1) is 11.7 Å². The number of amides is 1. The summed E-state index contributed by atoms with van der Waals surface area (Å²) in [7, 11) is 3.24. The monoisotopic (exact) mass is 398 g/mol. The van der Waals surface area contributed by atoms with E-state index < -0.39 is 22.7 Å². The lowest BCUT2D eigenvalue weighted by Crippen LogP contribution is -2.56. The molecule has 1 aliphatic heterocycles. The number of fused-ring (bicyclic) bond motifs is 3. The summed E-state index contributed by atoms with van der Waals surface area (Å²) in [5, 5.41) is 3.42. The second-order valence-corrected chi connectivity index (χ2v) is 8.19. The van der Waals surface area contributed by atoms with Gasteiger partial charge in [-0.05, 0) is 67.6 Å². The molecule has 1 aromatic carbocycles. The second kappa shape index (κ2) is 5.91. The lowest BCUT2D eigenvalue weighted by molar-refractivity contribution is -0.139. The molecule has 2 spiro atoms. The van der Waals surface area contributed by atoms with Gasteiger partial charge in [0.2, 0.25) is 0 Å². The number of hydrogen-bond acceptors (Lipinski definition) is 3. The molecule has 27 heavy (non-hydrogen) atoms. The van der Waals surface area contributed by atoms with Gasteiger partial charge in [0.1, 0.15) is 0 Å². The highest BCUT2D eigenvalue weighted by Crippen LogP contribution is 2.60. The number of carbonyl (C=O) groups is 1. The Morgan fingerprint density at radius 1 is 1.30 bits per heavy atom. The van der Waals surface area contributed by atoms with Gasteiger partial charge in [-0.1, -0.05) is 6.07 Å². The maximum absolute atomic E-state index is 13.4. The van der Waals surface area contributed by atoms with Gasteiger partial charge in [0, 0.05) is 19.6 Å². The van der Waals surface area contributed by atoms with Gasteiger partial charge in [0.15, 0.2) is 10.7 Å². The summed E-state index contributed by atoms with van der Waals surface area (Å²) in [6, 6.07) is 3.76. The standard InChI is InChI=1S/C19H21F3N2O2S/c1-24-15(25)18(23-16(24)27)14-9-12(19(20,21)22)4-3-11(14)10-17(18)7-5-13(26-2)6-8-17/h3-4,9,13H,5-8,10H2,1-2H3,(H,23,27). The first-order chi connectivity index (χ1) is 12.6. The van der Waals surface area contributed by atoms with Crippen LogP contribution in [0.1, 0.15) is 42.4 Å². The van der Waals surface area contributed by atoms with Crippen molar-refractivity contribution in [3.63, 3.8) is 0 Å². The highest BCUT2D eigenvalue weighted by molar-refractivity contribution is 7.80. The van der Waals surface area contributed by atoms with E-state index in [4.69, 9.17) is 17.0 Å². The fraction of sp³-hybridized carbons (Fsp3) is 0.579. The molecule has 1 saturated heterocycles. The van der Waals surface area contributed by atoms with Crippen LogP contribution in [0.5, 0.6) is 0 Å². The van der Waals surface area contributed by atoms with Crippen molar-refractivity contribution in [3.8, 4) is 0 Å². The van der Waals surface area contributed by atoms with Gasteiger partial charge in [0.25, 0.3) is 5.91 Å². The molecule has 1 aromatic rings. The van der Waals surface area contributed by atoms with E-state index in [0.29, 0.717) is 24.8 Å². The number of halogens is 3. The Labute approximate surface area is 161 Å². The number of hydrogen-bond donors (Lipinski definition) is 1. The van der Waals surface area contributed by atoms with E-state index in [1.807, 2.05) is 0 Å². The summed E-state index contributed by atoms with van der Waals surface area (Å²) in [5.41, 5.74) is -1.25. The number of thiocarbonyl (C=S) groups is 1. The fourth-order valence-corrected chi connectivity index (χ4v) is 5.39. The number of likely N-dealkylation sites (N-methyl/N-ethyl adjacent to an activating group) is 1. The van der Waals surface area contributed by atoms with Gasteiger partial charge < -0.3 is 10.1 Å². The number of benzene rings is 1. The fourth-order valence-electron chi connectivity index (χ4n) is 5.15. The maximum Gasteiger partial charge on any atom is 0.416 e. The van der Waals surface area contributed by atoms with Crippen LogP contribution in [0, 0.1) is 5.41 Å². The van der Waals surface area contributed by atoms with Crippen molar-refractivity contribution in [1.29, 1.82) is 0 Å². The molecule has 1 saturated carbocycles. The minimum atomic E-state index is -4.46. The topological polar surface area (TPSA) is 41.6 Å². The molecule has 0 aromatic heterocycles. The number of carbonyl (C=O) groups excluding carboxylic acids is 1. The van der Waals surface area contributed by atoms with E-state index in [9.17, 15) is 18.0 Å². The third-order valence-electron chi connectivity index (χ3n) is 6.61. The SMILES string of the molecule is COC1CCC2(CC1)Cc1ccc(C(F)(F)F)cc1C21NC(=S)N(C)C1=O. The lowest BCUT2D eigenvalue weighted by Gasteiger charge is -2.46. The highest BCUT2D eigenvalue weighted by atomic mass is 32.1. The summed E-state index contributed by atoms with van der Waals surface area (Å²) in [5.74, 6) is -0.263. The third kappa shape index (κ3) is 2.45. The van der Waals surface area contributed by atoms with E-state index in [2.05, 4.69) is 5.32 Å². The van der Waals surface area contributed by atoms with Gasteiger partial charge in [-0.3, -0.25) is 9.69 Å². The van der Waals surface area contributed by atoms with Crippen molar-refractivity contribution < 1.29 is 22.7 Å². The van der Waals surface area contributed by atoms with Gasteiger partial charge >= 0.3 is 6.18 Å². The second-order valence-electron chi connectivity index (χ2n) is 7.81. The quantitative estimate of drug-likeness (QED) is 0.737. The smallest absolute Gasteiger partial charge is 0.381 e. The first-order valence-corrected chi connectivity index (χ1v) is 9.39. The molecule has 146 valence electrons. The predicted molar refractivity (Wildman–Crippen MR) is 97.0 cm³/mol. The molecule has 0 radical (unpaired) electrons. The van der Waals surface area contributed by atoms with E-state index in [0.717, 1.165) is 30.5 Å². The van der Waals surface area contributed by atoms with Crippen molar-refractivity contribution in [2.24, 2.45) is 5.41 Å². The Bertz CT molecular complexity index is 818. The zero-order valence-corrected chi connectivity index (χ0v) is 16.0. The van der Waals surface area contributed by atoms with Crippen LogP contribution in [0.3, 0.4) is 0 Å². The normalized spacial score (nSPS) is 33.1. The van der Waals surface area contributed by atoms with Crippen molar-refractivity contribution in [2.45, 2.75) is 49.9 Å². The van der Waals surface area contributed by atoms with Gasteiger partial charge in [-0.15, -0.1) is 0 Å². The van der Waals surface area contributed by atoms with Crippen LogP contribution in [-0.2, 0) is 27.7 Å². The van der Waals surface area contributed by atoms with E-state index >= 15 is 0 Å². The molecule has 4 rings (SSSR count). The molecule has 2 fully saturated rings. The molecule has 1 atom stereocenters. The zero-order valence-electron chi connectivity index (χ0n) is 15.2. The zero-order chi connectivity index (χ0) is 19.6. The molecule has 3 aliphatic rings. The Balaban J connectivity index is 1.88. The Hall–Kier alpha value is -1.67. The first-order valence-electron chi connectivity index (χ1n) is 8.98. The number of nitrogens with one attached hydrogen (secondary N) is 1. The van der Waals surface area contributed by atoms with Crippen LogP contribution in [0.15, 0.2) is 18.2 Å². The summed E-state index contributed by atoms with van der Waals surface area (Å²) in [6.07, 6.45) is -0.871. The number of methoxy groups -OCH3 is 1. The third-order valence-corrected chi connectivity index (χ3v) is 6.99. The van der Waals surface area contributed by atoms with Crippen molar-refractivity contribution in [2.75, 3.05) is 14.2 Å². The molecule has 8 heteroatoms. The number of nitrogens with zero attached hydrogens (tertiary/aromatic N) is 1. The van der Waals surface area contributed by atoms with Crippen molar-refractivity contribution >= 4 is 23.2 Å².